The molecule has 20 heavy (non-hydrogen) atoms. The van der Waals surface area contributed by atoms with Gasteiger partial charge in [-0.2, -0.15) is 5.26 Å². The van der Waals surface area contributed by atoms with Crippen LogP contribution in [0.5, 0.6) is 17.5 Å². The molecule has 0 amide bonds. The van der Waals surface area contributed by atoms with Crippen LogP contribution in [-0.2, 0) is 0 Å². The zero-order valence-electron chi connectivity index (χ0n) is 10.8. The quantitative estimate of drug-likeness (QED) is 0.794. The van der Waals surface area contributed by atoms with Gasteiger partial charge in [0.25, 0.3) is 0 Å². The van der Waals surface area contributed by atoms with Crippen molar-refractivity contribution in [1.82, 2.24) is 9.97 Å². The Balaban J connectivity index is 2.06. The van der Waals surface area contributed by atoms with E-state index in [2.05, 4.69) is 21.8 Å². The SMILES string of the molecule is CC#CCOc1cc(Oc2ccc(C#N)cc2)ncn1. The highest BCUT2D eigenvalue weighted by Gasteiger charge is 2.02. The molecule has 98 valence electrons. The van der Waals surface area contributed by atoms with Crippen LogP contribution >= 0.6 is 0 Å². The van der Waals surface area contributed by atoms with Gasteiger partial charge in [-0.3, -0.25) is 0 Å². The average molecular weight is 265 g/mol. The van der Waals surface area contributed by atoms with E-state index in [4.69, 9.17) is 14.7 Å². The number of ether oxygens (including phenoxy) is 2. The van der Waals surface area contributed by atoms with E-state index in [9.17, 15) is 0 Å². The average Bonchev–Trinajstić information content (AvgIpc) is 2.49. The second-order valence-corrected chi connectivity index (χ2v) is 3.65. The van der Waals surface area contributed by atoms with E-state index < -0.39 is 0 Å². The van der Waals surface area contributed by atoms with Gasteiger partial charge in [-0.1, -0.05) is 5.92 Å². The number of hydrogen-bond donors (Lipinski definition) is 0. The first-order valence-corrected chi connectivity index (χ1v) is 5.84. The molecule has 2 aromatic rings. The van der Waals surface area contributed by atoms with Crippen LogP contribution < -0.4 is 9.47 Å². The van der Waals surface area contributed by atoms with Gasteiger partial charge < -0.3 is 9.47 Å². The van der Waals surface area contributed by atoms with E-state index in [0.717, 1.165) is 0 Å². The zero-order chi connectivity index (χ0) is 14.2. The molecule has 2 rings (SSSR count). The Morgan fingerprint density at radius 1 is 1.15 bits per heavy atom. The van der Waals surface area contributed by atoms with Crippen molar-refractivity contribution >= 4 is 0 Å². The van der Waals surface area contributed by atoms with Crippen molar-refractivity contribution in [1.29, 1.82) is 5.26 Å². The molecular formula is C15H11N3O2. The maximum absolute atomic E-state index is 8.72. The Labute approximate surface area is 116 Å². The molecule has 5 heteroatoms. The molecule has 0 aliphatic heterocycles. The van der Waals surface area contributed by atoms with Crippen LogP contribution in [0.25, 0.3) is 0 Å². The van der Waals surface area contributed by atoms with Crippen LogP contribution in [0.15, 0.2) is 36.7 Å². The number of aromatic nitrogens is 2. The molecule has 0 fully saturated rings. The molecule has 0 aliphatic rings. The second-order valence-electron chi connectivity index (χ2n) is 3.65. The molecule has 0 bridgehead atoms. The highest BCUT2D eigenvalue weighted by molar-refractivity contribution is 5.36. The minimum absolute atomic E-state index is 0.268. The van der Waals surface area contributed by atoms with Crippen LogP contribution in [0.2, 0.25) is 0 Å². The lowest BCUT2D eigenvalue weighted by Crippen LogP contribution is -1.97. The van der Waals surface area contributed by atoms with Crippen LogP contribution in [-0.4, -0.2) is 16.6 Å². The molecule has 0 saturated heterocycles. The topological polar surface area (TPSA) is 68.0 Å². The Morgan fingerprint density at radius 2 is 1.90 bits per heavy atom. The first kappa shape index (κ1) is 13.4. The molecule has 1 aromatic carbocycles. The third kappa shape index (κ3) is 3.72. The number of hydrogen-bond acceptors (Lipinski definition) is 5. The fraction of sp³-hybridized carbons (Fsp3) is 0.133. The summed E-state index contributed by atoms with van der Waals surface area (Å²) in [6.45, 7) is 2.01. The van der Waals surface area contributed by atoms with Gasteiger partial charge in [0.2, 0.25) is 11.8 Å². The van der Waals surface area contributed by atoms with Gasteiger partial charge >= 0.3 is 0 Å². The fourth-order valence-electron chi connectivity index (χ4n) is 1.36. The number of rotatable bonds is 4. The summed E-state index contributed by atoms with van der Waals surface area (Å²) >= 11 is 0. The van der Waals surface area contributed by atoms with Crippen molar-refractivity contribution in [2.24, 2.45) is 0 Å². The minimum atomic E-state index is 0.268. The number of benzene rings is 1. The Kier molecular flexibility index (Phi) is 4.53. The second kappa shape index (κ2) is 6.77. The molecular weight excluding hydrogens is 254 g/mol. The lowest BCUT2D eigenvalue weighted by atomic mass is 10.2. The Bertz CT molecular complexity index is 679. The van der Waals surface area contributed by atoms with Crippen molar-refractivity contribution < 1.29 is 9.47 Å². The molecule has 0 radical (unpaired) electrons. The van der Waals surface area contributed by atoms with Crippen molar-refractivity contribution in [3.63, 3.8) is 0 Å². The third-order valence-corrected chi connectivity index (χ3v) is 2.29. The van der Waals surface area contributed by atoms with E-state index in [0.29, 0.717) is 23.1 Å². The van der Waals surface area contributed by atoms with E-state index >= 15 is 0 Å². The maximum atomic E-state index is 8.72. The van der Waals surface area contributed by atoms with Crippen LogP contribution in [0.4, 0.5) is 0 Å². The van der Waals surface area contributed by atoms with Crippen LogP contribution in [0.1, 0.15) is 12.5 Å². The highest BCUT2D eigenvalue weighted by Crippen LogP contribution is 2.21. The van der Waals surface area contributed by atoms with Crippen molar-refractivity contribution in [3.05, 3.63) is 42.2 Å². The van der Waals surface area contributed by atoms with Crippen molar-refractivity contribution in [2.45, 2.75) is 6.92 Å². The van der Waals surface area contributed by atoms with Crippen LogP contribution in [0, 0.1) is 23.2 Å². The summed E-state index contributed by atoms with van der Waals surface area (Å²) in [6, 6.07) is 10.4. The predicted octanol–water partition coefficient (Wildman–Crippen LogP) is 2.54. The molecule has 0 aliphatic carbocycles. The van der Waals surface area contributed by atoms with E-state index in [1.54, 1.807) is 37.3 Å². The summed E-state index contributed by atoms with van der Waals surface area (Å²) in [5, 5.41) is 8.72. The lowest BCUT2D eigenvalue weighted by Gasteiger charge is -2.06. The lowest BCUT2D eigenvalue weighted by molar-refractivity contribution is 0.349. The van der Waals surface area contributed by atoms with Crippen molar-refractivity contribution in [2.75, 3.05) is 6.61 Å². The van der Waals surface area contributed by atoms with Gasteiger partial charge in [0.1, 0.15) is 12.1 Å². The summed E-state index contributed by atoms with van der Waals surface area (Å²) in [7, 11) is 0. The smallest absolute Gasteiger partial charge is 0.226 e. The van der Waals surface area contributed by atoms with Gasteiger partial charge in [-0.15, -0.1) is 5.92 Å². The molecule has 0 N–H and O–H groups in total. The van der Waals surface area contributed by atoms with Crippen molar-refractivity contribution in [3.8, 4) is 35.4 Å². The van der Waals surface area contributed by atoms with Gasteiger partial charge in [0.05, 0.1) is 17.7 Å². The van der Waals surface area contributed by atoms with Gasteiger partial charge in [-0.25, -0.2) is 9.97 Å². The molecule has 1 heterocycles. The van der Waals surface area contributed by atoms with Gasteiger partial charge in [0, 0.05) is 0 Å². The molecule has 1 aromatic heterocycles. The van der Waals surface area contributed by atoms with Gasteiger partial charge in [0.15, 0.2) is 6.61 Å². The minimum Gasteiger partial charge on any atom is -0.464 e. The summed E-state index contributed by atoms with van der Waals surface area (Å²) in [4.78, 5) is 7.95. The zero-order valence-corrected chi connectivity index (χ0v) is 10.8. The Morgan fingerprint density at radius 3 is 2.60 bits per heavy atom. The van der Waals surface area contributed by atoms with Gasteiger partial charge in [-0.05, 0) is 31.2 Å². The normalized spacial score (nSPS) is 9.00. The van der Waals surface area contributed by atoms with E-state index in [1.807, 2.05) is 6.07 Å². The summed E-state index contributed by atoms with van der Waals surface area (Å²) in [5.41, 5.74) is 0.571. The largest absolute Gasteiger partial charge is 0.464 e. The first-order chi connectivity index (χ1) is 9.81. The summed E-state index contributed by atoms with van der Waals surface area (Å²) < 4.78 is 10.9. The molecule has 0 atom stereocenters. The predicted molar refractivity (Wildman–Crippen MR) is 72.2 cm³/mol. The number of nitrogens with zero attached hydrogens (tertiary/aromatic N) is 3. The fourth-order valence-corrected chi connectivity index (χ4v) is 1.36. The molecule has 0 saturated carbocycles. The molecule has 0 spiro atoms. The monoisotopic (exact) mass is 265 g/mol. The first-order valence-electron chi connectivity index (χ1n) is 5.84. The third-order valence-electron chi connectivity index (χ3n) is 2.29. The maximum Gasteiger partial charge on any atom is 0.226 e. The summed E-state index contributed by atoms with van der Waals surface area (Å²) in [5.74, 6) is 6.85. The summed E-state index contributed by atoms with van der Waals surface area (Å²) in [6.07, 6.45) is 1.35. The molecule has 0 unspecified atom stereocenters. The molecule has 5 nitrogen and oxygen atoms in total. The standard InChI is InChI=1S/C15H11N3O2/c1-2-3-8-19-14-9-15(18-11-17-14)20-13-6-4-12(10-16)5-7-13/h4-7,9,11H,8H2,1H3. The highest BCUT2D eigenvalue weighted by atomic mass is 16.5. The van der Waals surface area contributed by atoms with Crippen LogP contribution in [0.3, 0.4) is 0 Å². The number of nitriles is 1. The van der Waals surface area contributed by atoms with E-state index in [-0.39, 0.29) is 6.61 Å². The van der Waals surface area contributed by atoms with E-state index in [1.165, 1.54) is 6.33 Å². The Hall–Kier alpha value is -3.05.